The van der Waals surface area contributed by atoms with Gasteiger partial charge >= 0.3 is 0 Å². The summed E-state index contributed by atoms with van der Waals surface area (Å²) in [6.07, 6.45) is 2.18. The predicted molar refractivity (Wildman–Crippen MR) is 113 cm³/mol. The predicted octanol–water partition coefficient (Wildman–Crippen LogP) is 3.36. The summed E-state index contributed by atoms with van der Waals surface area (Å²) in [5, 5.41) is 5.66. The molecule has 0 fully saturated rings. The molecule has 1 heterocycles. The summed E-state index contributed by atoms with van der Waals surface area (Å²) in [6.45, 7) is 1.64. The van der Waals surface area contributed by atoms with E-state index in [1.54, 1.807) is 6.26 Å². The molecule has 0 atom stereocenters. The fourth-order valence-electron chi connectivity index (χ4n) is 2.94. The van der Waals surface area contributed by atoms with Crippen LogP contribution in [-0.2, 0) is 40.5 Å². The molecular weight excluding hydrogens is 380 g/mol. The van der Waals surface area contributed by atoms with Crippen LogP contribution in [0.15, 0.2) is 77.4 Å². The Labute approximate surface area is 176 Å². The number of furan rings is 1. The van der Waals surface area contributed by atoms with Gasteiger partial charge in [0.2, 0.25) is 11.8 Å². The first kappa shape index (κ1) is 21.3. The lowest BCUT2D eigenvalue weighted by Gasteiger charge is -2.09. The fourth-order valence-corrected chi connectivity index (χ4v) is 2.94. The van der Waals surface area contributed by atoms with Gasteiger partial charge in [-0.2, -0.15) is 0 Å². The Bertz CT molecular complexity index is 923. The maximum atomic E-state index is 12.0. The number of ether oxygens (including phenoxy) is 1. The molecule has 30 heavy (non-hydrogen) atoms. The highest BCUT2D eigenvalue weighted by molar-refractivity contribution is 5.80. The highest BCUT2D eigenvalue weighted by atomic mass is 16.5. The van der Waals surface area contributed by atoms with Crippen LogP contribution in [0, 0.1) is 0 Å². The molecule has 0 aliphatic carbocycles. The van der Waals surface area contributed by atoms with Crippen LogP contribution in [-0.4, -0.2) is 18.4 Å². The van der Waals surface area contributed by atoms with E-state index in [4.69, 9.17) is 9.15 Å². The van der Waals surface area contributed by atoms with Gasteiger partial charge in [-0.15, -0.1) is 0 Å². The summed E-state index contributed by atoms with van der Waals surface area (Å²) in [4.78, 5) is 24.0. The fraction of sp³-hybridized carbons (Fsp3) is 0.250. The number of carbonyl (C=O) groups excluding carboxylic acids is 2. The van der Waals surface area contributed by atoms with Crippen molar-refractivity contribution in [1.29, 1.82) is 0 Å². The van der Waals surface area contributed by atoms with Crippen molar-refractivity contribution in [3.05, 3.63) is 95.4 Å². The van der Waals surface area contributed by atoms with Crippen molar-refractivity contribution in [1.82, 2.24) is 10.6 Å². The maximum Gasteiger partial charge on any atom is 0.224 e. The minimum atomic E-state index is -0.102. The second kappa shape index (κ2) is 11.6. The Kier molecular flexibility index (Phi) is 8.23. The Morgan fingerprint density at radius 2 is 1.60 bits per heavy atom. The number of amides is 2. The van der Waals surface area contributed by atoms with E-state index in [-0.39, 0.29) is 18.2 Å². The van der Waals surface area contributed by atoms with Gasteiger partial charge in [0.1, 0.15) is 12.4 Å². The van der Waals surface area contributed by atoms with E-state index in [9.17, 15) is 9.59 Å². The molecule has 1 aromatic heterocycles. The smallest absolute Gasteiger partial charge is 0.224 e. The number of benzene rings is 2. The summed E-state index contributed by atoms with van der Waals surface area (Å²) in [5.41, 5.74) is 2.98. The van der Waals surface area contributed by atoms with E-state index < -0.39 is 0 Å². The van der Waals surface area contributed by atoms with Gasteiger partial charge < -0.3 is 19.8 Å². The molecule has 3 aromatic rings. The SMILES string of the molecule is O=C(CCNC(=O)Cc1ccccc1)NCc1cccc(COCc2ccco2)c1. The summed E-state index contributed by atoms with van der Waals surface area (Å²) in [7, 11) is 0. The van der Waals surface area contributed by atoms with E-state index in [0.717, 1.165) is 22.5 Å². The maximum absolute atomic E-state index is 12.0. The molecule has 0 spiro atoms. The topological polar surface area (TPSA) is 80.6 Å². The van der Waals surface area contributed by atoms with Crippen LogP contribution in [0.5, 0.6) is 0 Å². The van der Waals surface area contributed by atoms with Crippen LogP contribution < -0.4 is 10.6 Å². The van der Waals surface area contributed by atoms with Gasteiger partial charge in [-0.1, -0.05) is 54.6 Å². The minimum absolute atomic E-state index is 0.0868. The van der Waals surface area contributed by atoms with Crippen molar-refractivity contribution in [2.45, 2.75) is 32.6 Å². The third kappa shape index (κ3) is 7.56. The third-order valence-electron chi connectivity index (χ3n) is 4.46. The Hall–Kier alpha value is -3.38. The van der Waals surface area contributed by atoms with Crippen molar-refractivity contribution >= 4 is 11.8 Å². The average Bonchev–Trinajstić information content (AvgIpc) is 3.27. The van der Waals surface area contributed by atoms with Crippen LogP contribution in [0.25, 0.3) is 0 Å². The lowest BCUT2D eigenvalue weighted by atomic mass is 10.1. The summed E-state index contributed by atoms with van der Waals surface area (Å²) >= 11 is 0. The molecule has 0 unspecified atom stereocenters. The largest absolute Gasteiger partial charge is 0.467 e. The number of hydrogen-bond acceptors (Lipinski definition) is 4. The molecule has 0 bridgehead atoms. The van der Waals surface area contributed by atoms with Gasteiger partial charge in [0.15, 0.2) is 0 Å². The van der Waals surface area contributed by atoms with Crippen LogP contribution in [0.4, 0.5) is 0 Å². The van der Waals surface area contributed by atoms with Gasteiger partial charge in [0.05, 0.1) is 19.3 Å². The first-order valence-electron chi connectivity index (χ1n) is 9.94. The van der Waals surface area contributed by atoms with Crippen molar-refractivity contribution in [2.24, 2.45) is 0 Å². The molecule has 0 saturated heterocycles. The van der Waals surface area contributed by atoms with Crippen LogP contribution in [0.2, 0.25) is 0 Å². The summed E-state index contributed by atoms with van der Waals surface area (Å²) < 4.78 is 10.9. The van der Waals surface area contributed by atoms with Crippen LogP contribution >= 0.6 is 0 Å². The number of carbonyl (C=O) groups is 2. The molecule has 6 heteroatoms. The molecule has 0 aliphatic rings. The molecule has 3 rings (SSSR count). The molecule has 2 amide bonds. The zero-order chi connectivity index (χ0) is 21.0. The van der Waals surface area contributed by atoms with E-state index in [2.05, 4.69) is 10.6 Å². The Morgan fingerprint density at radius 3 is 2.40 bits per heavy atom. The quantitative estimate of drug-likeness (QED) is 0.512. The molecule has 2 N–H and O–H groups in total. The van der Waals surface area contributed by atoms with Gasteiger partial charge in [-0.3, -0.25) is 9.59 Å². The standard InChI is InChI=1S/C24H26N2O4/c27-23(11-12-25-24(28)15-19-6-2-1-3-7-19)26-16-20-8-4-9-21(14-20)17-29-18-22-10-5-13-30-22/h1-10,13-14H,11-12,15-18H2,(H,25,28)(H,26,27). The molecule has 2 aromatic carbocycles. The van der Waals surface area contributed by atoms with Crippen molar-refractivity contribution < 1.29 is 18.7 Å². The Balaban J connectivity index is 1.32. The highest BCUT2D eigenvalue weighted by Crippen LogP contribution is 2.09. The lowest BCUT2D eigenvalue weighted by molar-refractivity contribution is -0.122. The first-order chi connectivity index (χ1) is 14.7. The first-order valence-corrected chi connectivity index (χ1v) is 9.94. The zero-order valence-corrected chi connectivity index (χ0v) is 16.8. The highest BCUT2D eigenvalue weighted by Gasteiger charge is 2.06. The number of nitrogens with one attached hydrogen (secondary N) is 2. The number of rotatable bonds is 11. The monoisotopic (exact) mass is 406 g/mol. The van der Waals surface area contributed by atoms with E-state index in [1.807, 2.05) is 66.7 Å². The minimum Gasteiger partial charge on any atom is -0.467 e. The Morgan fingerprint density at radius 1 is 0.800 bits per heavy atom. The van der Waals surface area contributed by atoms with E-state index in [0.29, 0.717) is 32.7 Å². The average molecular weight is 406 g/mol. The van der Waals surface area contributed by atoms with Gasteiger partial charge in [-0.25, -0.2) is 0 Å². The second-order valence-electron chi connectivity index (χ2n) is 6.93. The van der Waals surface area contributed by atoms with Crippen molar-refractivity contribution in [3.8, 4) is 0 Å². The summed E-state index contributed by atoms with van der Waals surface area (Å²) in [6, 6.07) is 21.1. The van der Waals surface area contributed by atoms with Gasteiger partial charge in [-0.05, 0) is 28.8 Å². The molecule has 156 valence electrons. The zero-order valence-electron chi connectivity index (χ0n) is 16.8. The van der Waals surface area contributed by atoms with Crippen molar-refractivity contribution in [2.75, 3.05) is 6.54 Å². The molecule has 0 aliphatic heterocycles. The van der Waals surface area contributed by atoms with Crippen LogP contribution in [0.1, 0.15) is 28.9 Å². The normalized spacial score (nSPS) is 10.5. The van der Waals surface area contributed by atoms with E-state index >= 15 is 0 Å². The third-order valence-corrected chi connectivity index (χ3v) is 4.46. The van der Waals surface area contributed by atoms with Gasteiger partial charge in [0, 0.05) is 19.5 Å². The molecule has 0 radical (unpaired) electrons. The van der Waals surface area contributed by atoms with E-state index in [1.165, 1.54) is 0 Å². The lowest BCUT2D eigenvalue weighted by Crippen LogP contribution is -2.31. The molecular formula is C24H26N2O4. The van der Waals surface area contributed by atoms with Gasteiger partial charge in [0.25, 0.3) is 0 Å². The second-order valence-corrected chi connectivity index (χ2v) is 6.93. The summed E-state index contributed by atoms with van der Waals surface area (Å²) in [5.74, 6) is 0.597. The molecule has 6 nitrogen and oxygen atoms in total. The van der Waals surface area contributed by atoms with Crippen molar-refractivity contribution in [3.63, 3.8) is 0 Å². The molecule has 0 saturated carbocycles. The number of hydrogen-bond donors (Lipinski definition) is 2. The van der Waals surface area contributed by atoms with Crippen LogP contribution in [0.3, 0.4) is 0 Å².